The molecule has 3 heterocycles. The first-order valence-corrected chi connectivity index (χ1v) is 14.6. The molecule has 3 aromatic rings. The van der Waals surface area contributed by atoms with E-state index in [1.54, 1.807) is 36.4 Å². The molecule has 2 aliphatic rings. The third-order valence-corrected chi connectivity index (χ3v) is 8.06. The van der Waals surface area contributed by atoms with E-state index in [0.717, 1.165) is 19.3 Å². The molecule has 1 saturated heterocycles. The van der Waals surface area contributed by atoms with Crippen LogP contribution in [0.1, 0.15) is 83.8 Å². The maximum absolute atomic E-state index is 15.0. The predicted octanol–water partition coefficient (Wildman–Crippen LogP) is 5.37. The van der Waals surface area contributed by atoms with Crippen LogP contribution in [0, 0.1) is 5.82 Å². The van der Waals surface area contributed by atoms with E-state index < -0.39 is 0 Å². The van der Waals surface area contributed by atoms with E-state index in [0.29, 0.717) is 73.5 Å². The normalized spacial score (nSPS) is 15.8. The predicted molar refractivity (Wildman–Crippen MR) is 153 cm³/mol. The van der Waals surface area contributed by atoms with Gasteiger partial charge in [-0.1, -0.05) is 63.6 Å². The Bertz CT molecular complexity index is 1340. The Kier molecular flexibility index (Phi) is 8.89. The minimum Gasteiger partial charge on any atom is -0.352 e. The van der Waals surface area contributed by atoms with Crippen LogP contribution < -0.4 is 4.90 Å². The molecule has 0 radical (unpaired) electrons. The summed E-state index contributed by atoms with van der Waals surface area (Å²) in [6.07, 6.45) is 8.26. The maximum Gasteiger partial charge on any atom is 0.261 e. The molecule has 2 aromatic carbocycles. The van der Waals surface area contributed by atoms with Crippen molar-refractivity contribution in [1.29, 1.82) is 0 Å². The molecule has 5 rings (SSSR count). The van der Waals surface area contributed by atoms with Crippen LogP contribution in [0.15, 0.2) is 42.5 Å². The van der Waals surface area contributed by atoms with Gasteiger partial charge < -0.3 is 4.90 Å². The maximum atomic E-state index is 15.0. The summed E-state index contributed by atoms with van der Waals surface area (Å²) in [5.74, 6) is -0.465. The number of carbonyl (C=O) groups is 3. The summed E-state index contributed by atoms with van der Waals surface area (Å²) in [7, 11) is 0. The highest BCUT2D eigenvalue weighted by Gasteiger charge is 2.35. The van der Waals surface area contributed by atoms with E-state index in [-0.39, 0.29) is 23.5 Å². The lowest BCUT2D eigenvalue weighted by Crippen LogP contribution is -2.49. The van der Waals surface area contributed by atoms with Gasteiger partial charge in [0.05, 0.1) is 22.0 Å². The van der Waals surface area contributed by atoms with Gasteiger partial charge in [0.2, 0.25) is 5.91 Å². The van der Waals surface area contributed by atoms with Gasteiger partial charge in [0, 0.05) is 45.7 Å². The number of anilines is 1. The number of amides is 2. The molecule has 0 saturated carbocycles. The summed E-state index contributed by atoms with van der Waals surface area (Å²) < 4.78 is 16.4. The Balaban J connectivity index is 1.18. The molecule has 1 fully saturated rings. The van der Waals surface area contributed by atoms with Crippen LogP contribution in [0.25, 0.3) is 10.9 Å². The van der Waals surface area contributed by atoms with Crippen molar-refractivity contribution in [2.24, 2.45) is 0 Å². The number of rotatable bonds is 12. The van der Waals surface area contributed by atoms with Crippen LogP contribution in [0.2, 0.25) is 0 Å². The Hall–Kier alpha value is -3.59. The van der Waals surface area contributed by atoms with Gasteiger partial charge in [-0.05, 0) is 30.7 Å². The zero-order valence-corrected chi connectivity index (χ0v) is 23.3. The fourth-order valence-corrected chi connectivity index (χ4v) is 5.73. The van der Waals surface area contributed by atoms with E-state index in [4.69, 9.17) is 0 Å². The number of imide groups is 1. The molecule has 0 N–H and O–H groups in total. The fourth-order valence-electron chi connectivity index (χ4n) is 5.73. The summed E-state index contributed by atoms with van der Waals surface area (Å²) >= 11 is 0. The van der Waals surface area contributed by atoms with Crippen molar-refractivity contribution in [1.82, 2.24) is 19.6 Å². The Labute approximate surface area is 234 Å². The third kappa shape index (κ3) is 5.80. The van der Waals surface area contributed by atoms with Gasteiger partial charge in [-0.15, -0.1) is 5.10 Å². The average molecular weight is 548 g/mol. The lowest BCUT2D eigenvalue weighted by molar-refractivity contribution is 0.0634. The monoisotopic (exact) mass is 547 g/mol. The SMILES string of the molecule is CCCCCCCCCC(=O)n1nc(N2CCN(CCN3C(=O)c4ccccc4C3=O)CC2)c2c(F)cccc21. The molecule has 0 unspecified atom stereocenters. The Morgan fingerprint density at radius 3 is 2.15 bits per heavy atom. The van der Waals surface area contributed by atoms with E-state index in [1.807, 2.05) is 4.90 Å². The topological polar surface area (TPSA) is 78.8 Å². The molecule has 0 bridgehead atoms. The Morgan fingerprint density at radius 2 is 1.48 bits per heavy atom. The quantitative estimate of drug-likeness (QED) is 0.224. The zero-order valence-electron chi connectivity index (χ0n) is 23.3. The summed E-state index contributed by atoms with van der Waals surface area (Å²) in [4.78, 5) is 44.0. The van der Waals surface area contributed by atoms with Crippen LogP contribution in [0.4, 0.5) is 10.2 Å². The minimum absolute atomic E-state index is 0.102. The molecule has 212 valence electrons. The van der Waals surface area contributed by atoms with Gasteiger partial charge in [0.25, 0.3) is 11.8 Å². The molecular formula is C31H38FN5O3. The van der Waals surface area contributed by atoms with Crippen LogP contribution in [0.5, 0.6) is 0 Å². The average Bonchev–Trinajstić information content (AvgIpc) is 3.48. The Morgan fingerprint density at radius 1 is 0.825 bits per heavy atom. The van der Waals surface area contributed by atoms with Gasteiger partial charge in [-0.2, -0.15) is 4.68 Å². The molecule has 0 aliphatic carbocycles. The highest BCUT2D eigenvalue weighted by molar-refractivity contribution is 6.21. The number of nitrogens with zero attached hydrogens (tertiary/aromatic N) is 5. The largest absolute Gasteiger partial charge is 0.352 e. The smallest absolute Gasteiger partial charge is 0.261 e. The van der Waals surface area contributed by atoms with E-state index in [2.05, 4.69) is 16.9 Å². The summed E-state index contributed by atoms with van der Waals surface area (Å²) in [6.45, 7) is 5.66. The van der Waals surface area contributed by atoms with Gasteiger partial charge in [0.15, 0.2) is 5.82 Å². The van der Waals surface area contributed by atoms with Gasteiger partial charge >= 0.3 is 0 Å². The summed E-state index contributed by atoms with van der Waals surface area (Å²) in [5, 5.41) is 5.01. The number of unbranched alkanes of at least 4 members (excludes halogenated alkanes) is 6. The number of fused-ring (bicyclic) bond motifs is 2. The minimum atomic E-state index is -0.379. The second-order valence-corrected chi connectivity index (χ2v) is 10.8. The summed E-state index contributed by atoms with van der Waals surface area (Å²) in [5.41, 5.74) is 1.43. The molecule has 9 heteroatoms. The van der Waals surface area contributed by atoms with Crippen LogP contribution in [0.3, 0.4) is 0 Å². The molecular weight excluding hydrogens is 509 g/mol. The van der Waals surface area contributed by atoms with Crippen molar-refractivity contribution < 1.29 is 18.8 Å². The van der Waals surface area contributed by atoms with Crippen molar-refractivity contribution in [3.63, 3.8) is 0 Å². The number of benzene rings is 2. The zero-order chi connectivity index (χ0) is 28.1. The number of aromatic nitrogens is 2. The second kappa shape index (κ2) is 12.7. The lowest BCUT2D eigenvalue weighted by Gasteiger charge is -2.35. The first-order valence-electron chi connectivity index (χ1n) is 14.6. The molecule has 2 aliphatic heterocycles. The third-order valence-electron chi connectivity index (χ3n) is 8.06. The van der Waals surface area contributed by atoms with Crippen molar-refractivity contribution in [2.45, 2.75) is 58.3 Å². The number of hydrogen-bond donors (Lipinski definition) is 0. The number of hydrogen-bond acceptors (Lipinski definition) is 6. The fraction of sp³-hybridized carbons (Fsp3) is 0.484. The molecule has 2 amide bonds. The molecule has 0 spiro atoms. The first kappa shape index (κ1) is 28.0. The van der Waals surface area contributed by atoms with Crippen LogP contribution in [-0.2, 0) is 0 Å². The van der Waals surface area contributed by atoms with E-state index >= 15 is 4.39 Å². The van der Waals surface area contributed by atoms with E-state index in [1.165, 1.54) is 41.3 Å². The van der Waals surface area contributed by atoms with Crippen LogP contribution >= 0.6 is 0 Å². The highest BCUT2D eigenvalue weighted by Crippen LogP contribution is 2.30. The number of halogens is 1. The number of carbonyl (C=O) groups excluding carboxylic acids is 3. The molecule has 0 atom stereocenters. The van der Waals surface area contributed by atoms with Crippen molar-refractivity contribution in [3.05, 3.63) is 59.4 Å². The number of piperazine rings is 1. The first-order chi connectivity index (χ1) is 19.5. The van der Waals surface area contributed by atoms with Gasteiger partial charge in [0.1, 0.15) is 5.82 Å². The molecule has 8 nitrogen and oxygen atoms in total. The standard InChI is InChI=1S/C31H38FN5O3/c1-2-3-4-5-6-7-8-16-27(38)37-26-15-11-14-25(32)28(26)29(33-37)35-20-17-34(18-21-35)19-22-36-30(39)23-12-9-10-13-24(23)31(36)40/h9-15H,2-8,16-22H2,1H3. The lowest BCUT2D eigenvalue weighted by atomic mass is 10.1. The van der Waals surface area contributed by atoms with Gasteiger partial charge in [-0.3, -0.25) is 24.2 Å². The highest BCUT2D eigenvalue weighted by atomic mass is 19.1. The van der Waals surface area contributed by atoms with E-state index in [9.17, 15) is 14.4 Å². The molecule has 40 heavy (non-hydrogen) atoms. The summed E-state index contributed by atoms with van der Waals surface area (Å²) in [6, 6.07) is 11.7. The van der Waals surface area contributed by atoms with Crippen molar-refractivity contribution in [3.8, 4) is 0 Å². The van der Waals surface area contributed by atoms with Crippen molar-refractivity contribution >= 4 is 34.4 Å². The van der Waals surface area contributed by atoms with Gasteiger partial charge in [-0.25, -0.2) is 4.39 Å². The second-order valence-electron chi connectivity index (χ2n) is 10.8. The van der Waals surface area contributed by atoms with Crippen molar-refractivity contribution in [2.75, 3.05) is 44.2 Å². The molecule has 1 aromatic heterocycles. The van der Waals surface area contributed by atoms with Crippen LogP contribution in [-0.4, -0.2) is 76.6 Å².